The molecule has 0 bridgehead atoms. The van der Waals surface area contributed by atoms with Crippen molar-refractivity contribution in [1.82, 2.24) is 9.66 Å². The Kier molecular flexibility index (Phi) is 3.27. The van der Waals surface area contributed by atoms with E-state index >= 15 is 0 Å². The van der Waals surface area contributed by atoms with E-state index < -0.39 is 11.7 Å². The van der Waals surface area contributed by atoms with E-state index in [-0.39, 0.29) is 11.3 Å². The Bertz CT molecular complexity index is 814. The van der Waals surface area contributed by atoms with Gasteiger partial charge in [-0.15, -0.1) is 0 Å². The van der Waals surface area contributed by atoms with Crippen LogP contribution in [0.2, 0.25) is 0 Å². The van der Waals surface area contributed by atoms with E-state index in [1.54, 1.807) is 0 Å². The summed E-state index contributed by atoms with van der Waals surface area (Å²) in [5.41, 5.74) is 4.38. The molecule has 0 spiro atoms. The molecule has 2 aromatic carbocycles. The molecule has 0 saturated heterocycles. The fraction of sp³-hybridized carbons (Fsp3) is 0.0667. The van der Waals surface area contributed by atoms with Gasteiger partial charge in [0, 0.05) is 5.56 Å². The third-order valence-electron chi connectivity index (χ3n) is 3.09. The highest BCUT2D eigenvalue weighted by atomic mass is 19.1. The number of carbonyl (C=O) groups excluding carboxylic acids is 1. The number of aromatic nitrogens is 2. The minimum atomic E-state index is -0.583. The third-order valence-corrected chi connectivity index (χ3v) is 3.09. The highest BCUT2D eigenvalue weighted by Crippen LogP contribution is 2.18. The van der Waals surface area contributed by atoms with Crippen molar-refractivity contribution in [3.8, 4) is 5.75 Å². The molecule has 0 unspecified atom stereocenters. The maximum Gasteiger partial charge on any atom is 0.270 e. The number of nitrogens with one attached hydrogen (secondary N) is 1. The lowest BCUT2D eigenvalue weighted by Gasteiger charge is -2.08. The highest BCUT2D eigenvalue weighted by molar-refractivity contribution is 6.00. The van der Waals surface area contributed by atoms with Crippen molar-refractivity contribution in [2.24, 2.45) is 0 Å². The molecular formula is C15H12FN3O2. The highest BCUT2D eigenvalue weighted by Gasteiger charge is 2.11. The first-order valence-corrected chi connectivity index (χ1v) is 6.26. The van der Waals surface area contributed by atoms with Crippen LogP contribution in [-0.4, -0.2) is 22.7 Å². The second-order valence-corrected chi connectivity index (χ2v) is 4.39. The van der Waals surface area contributed by atoms with Gasteiger partial charge in [0.15, 0.2) is 11.6 Å². The molecular weight excluding hydrogens is 273 g/mol. The van der Waals surface area contributed by atoms with Gasteiger partial charge in [-0.25, -0.2) is 14.1 Å². The summed E-state index contributed by atoms with van der Waals surface area (Å²) in [4.78, 5) is 16.3. The standard InChI is InChI=1S/C15H12FN3O2/c1-21-14-7-6-10(8-11(14)16)15(20)18-19-9-17-12-4-2-3-5-13(12)19/h2-9H,1H3,(H,18,20). The summed E-state index contributed by atoms with van der Waals surface area (Å²) in [5, 5.41) is 0. The van der Waals surface area contributed by atoms with Crippen LogP contribution in [0.4, 0.5) is 4.39 Å². The molecule has 1 aromatic heterocycles. The number of hydrogen-bond acceptors (Lipinski definition) is 3. The van der Waals surface area contributed by atoms with Crippen LogP contribution < -0.4 is 10.2 Å². The number of fused-ring (bicyclic) bond motifs is 1. The summed E-state index contributed by atoms with van der Waals surface area (Å²) in [6.45, 7) is 0. The van der Waals surface area contributed by atoms with E-state index in [0.29, 0.717) is 0 Å². The van der Waals surface area contributed by atoms with E-state index in [0.717, 1.165) is 17.1 Å². The fourth-order valence-electron chi connectivity index (χ4n) is 2.03. The summed E-state index contributed by atoms with van der Waals surface area (Å²) in [5.74, 6) is -0.917. The van der Waals surface area contributed by atoms with Crippen LogP contribution in [0.15, 0.2) is 48.8 Å². The van der Waals surface area contributed by atoms with Crippen molar-refractivity contribution in [1.29, 1.82) is 0 Å². The van der Waals surface area contributed by atoms with Crippen LogP contribution in [0, 0.1) is 5.82 Å². The molecule has 0 saturated carbocycles. The number of imidazole rings is 1. The molecule has 6 heteroatoms. The molecule has 5 nitrogen and oxygen atoms in total. The first-order chi connectivity index (χ1) is 10.2. The minimum Gasteiger partial charge on any atom is -0.494 e. The molecule has 1 amide bonds. The van der Waals surface area contributed by atoms with Crippen LogP contribution in [0.1, 0.15) is 10.4 Å². The summed E-state index contributed by atoms with van der Waals surface area (Å²) >= 11 is 0. The van der Waals surface area contributed by atoms with Crippen LogP contribution in [0.25, 0.3) is 11.0 Å². The molecule has 0 fully saturated rings. The van der Waals surface area contributed by atoms with E-state index in [2.05, 4.69) is 10.4 Å². The van der Waals surface area contributed by atoms with Gasteiger partial charge in [-0.2, -0.15) is 0 Å². The number of benzene rings is 2. The second-order valence-electron chi connectivity index (χ2n) is 4.39. The van der Waals surface area contributed by atoms with Gasteiger partial charge in [-0.1, -0.05) is 12.1 Å². The number of rotatable bonds is 3. The summed E-state index contributed by atoms with van der Waals surface area (Å²) in [6, 6.07) is 11.4. The van der Waals surface area contributed by atoms with Crippen molar-refractivity contribution in [3.63, 3.8) is 0 Å². The molecule has 0 aliphatic heterocycles. The lowest BCUT2D eigenvalue weighted by atomic mass is 10.2. The van der Waals surface area contributed by atoms with E-state index in [1.165, 1.54) is 30.2 Å². The van der Waals surface area contributed by atoms with Gasteiger partial charge < -0.3 is 4.74 Å². The number of ether oxygens (including phenoxy) is 1. The van der Waals surface area contributed by atoms with Gasteiger partial charge in [0.1, 0.15) is 6.33 Å². The maximum atomic E-state index is 13.6. The normalized spacial score (nSPS) is 10.6. The van der Waals surface area contributed by atoms with Crippen LogP contribution in [0.5, 0.6) is 5.75 Å². The molecule has 3 rings (SSSR count). The number of nitrogens with zero attached hydrogens (tertiary/aromatic N) is 2. The summed E-state index contributed by atoms with van der Waals surface area (Å²) in [6.07, 6.45) is 1.50. The van der Waals surface area contributed by atoms with Crippen LogP contribution >= 0.6 is 0 Å². The second kappa shape index (κ2) is 5.24. The monoisotopic (exact) mass is 285 g/mol. The molecule has 1 N–H and O–H groups in total. The Morgan fingerprint density at radius 3 is 2.86 bits per heavy atom. The van der Waals surface area contributed by atoms with Gasteiger partial charge in [-0.05, 0) is 30.3 Å². The fourth-order valence-corrected chi connectivity index (χ4v) is 2.03. The number of methoxy groups -OCH3 is 1. The first-order valence-electron chi connectivity index (χ1n) is 6.26. The SMILES string of the molecule is COc1ccc(C(=O)Nn2cnc3ccccc32)cc1F. The lowest BCUT2D eigenvalue weighted by Crippen LogP contribution is -2.22. The number of carbonyl (C=O) groups is 1. The zero-order valence-electron chi connectivity index (χ0n) is 11.2. The smallest absolute Gasteiger partial charge is 0.270 e. The van der Waals surface area contributed by atoms with Crippen molar-refractivity contribution in [2.75, 3.05) is 12.5 Å². The molecule has 0 atom stereocenters. The minimum absolute atomic E-state index is 0.0969. The van der Waals surface area contributed by atoms with Gasteiger partial charge in [0.2, 0.25) is 0 Å². The predicted octanol–water partition coefficient (Wildman–Crippen LogP) is 2.57. The number of hydrogen-bond donors (Lipinski definition) is 1. The molecule has 0 radical (unpaired) electrons. The molecule has 1 heterocycles. The quantitative estimate of drug-likeness (QED) is 0.804. The molecule has 0 aliphatic rings. The molecule has 21 heavy (non-hydrogen) atoms. The number of halogens is 1. The van der Waals surface area contributed by atoms with Gasteiger partial charge in [0.05, 0.1) is 18.1 Å². The Morgan fingerprint density at radius 1 is 1.29 bits per heavy atom. The summed E-state index contributed by atoms with van der Waals surface area (Å²) in [7, 11) is 1.37. The Balaban J connectivity index is 1.88. The number of para-hydroxylation sites is 2. The average Bonchev–Trinajstić information content (AvgIpc) is 2.90. The zero-order chi connectivity index (χ0) is 14.8. The Labute approximate surface area is 119 Å². The van der Waals surface area contributed by atoms with E-state index in [1.807, 2.05) is 24.3 Å². The van der Waals surface area contributed by atoms with Crippen molar-refractivity contribution in [3.05, 3.63) is 60.2 Å². The Hall–Kier alpha value is -2.89. The van der Waals surface area contributed by atoms with E-state index in [4.69, 9.17) is 4.74 Å². The maximum absolute atomic E-state index is 13.6. The molecule has 3 aromatic rings. The topological polar surface area (TPSA) is 56.1 Å². The van der Waals surface area contributed by atoms with Gasteiger partial charge >= 0.3 is 0 Å². The first kappa shape index (κ1) is 13.1. The Morgan fingerprint density at radius 2 is 2.10 bits per heavy atom. The van der Waals surface area contributed by atoms with Crippen molar-refractivity contribution >= 4 is 16.9 Å². The third kappa shape index (κ3) is 2.43. The number of amides is 1. The van der Waals surface area contributed by atoms with Crippen molar-refractivity contribution in [2.45, 2.75) is 0 Å². The van der Waals surface area contributed by atoms with Crippen LogP contribution in [0.3, 0.4) is 0 Å². The van der Waals surface area contributed by atoms with Crippen LogP contribution in [-0.2, 0) is 0 Å². The summed E-state index contributed by atoms with van der Waals surface area (Å²) < 4.78 is 19.9. The van der Waals surface area contributed by atoms with Gasteiger partial charge in [0.25, 0.3) is 5.91 Å². The lowest BCUT2D eigenvalue weighted by molar-refractivity contribution is 0.101. The van der Waals surface area contributed by atoms with Gasteiger partial charge in [-0.3, -0.25) is 10.2 Å². The molecule has 0 aliphatic carbocycles. The largest absolute Gasteiger partial charge is 0.494 e. The zero-order valence-corrected chi connectivity index (χ0v) is 11.2. The average molecular weight is 285 g/mol. The van der Waals surface area contributed by atoms with Crippen molar-refractivity contribution < 1.29 is 13.9 Å². The molecule has 106 valence electrons. The predicted molar refractivity (Wildman–Crippen MR) is 76.4 cm³/mol. The van der Waals surface area contributed by atoms with E-state index in [9.17, 15) is 9.18 Å².